The van der Waals surface area contributed by atoms with E-state index in [-0.39, 0.29) is 16.6 Å². The first-order valence-electron chi connectivity index (χ1n) is 7.86. The molecular weight excluding hydrogens is 350 g/mol. The summed E-state index contributed by atoms with van der Waals surface area (Å²) >= 11 is 0. The van der Waals surface area contributed by atoms with E-state index in [1.165, 1.54) is 31.2 Å². The molecule has 3 rings (SSSR count). The predicted molar refractivity (Wildman–Crippen MR) is 101 cm³/mol. The Morgan fingerprint density at radius 1 is 0.885 bits per heavy atom. The van der Waals surface area contributed by atoms with Crippen molar-refractivity contribution >= 4 is 27.4 Å². The molecule has 0 aliphatic rings. The molecule has 0 aliphatic heterocycles. The third kappa shape index (κ3) is 4.25. The van der Waals surface area contributed by atoms with Crippen LogP contribution in [0.1, 0.15) is 6.92 Å². The SMILES string of the molecule is CC(=O)Nc1ccc(S(=O)(=O)Nc2ccc(-c3ccccc3)cn2)cc1. The number of pyridine rings is 1. The summed E-state index contributed by atoms with van der Waals surface area (Å²) in [6.07, 6.45) is 1.62. The molecule has 0 radical (unpaired) electrons. The maximum Gasteiger partial charge on any atom is 0.263 e. The molecule has 2 aromatic carbocycles. The number of nitrogens with zero attached hydrogens (tertiary/aromatic N) is 1. The van der Waals surface area contributed by atoms with Gasteiger partial charge in [0.05, 0.1) is 4.90 Å². The van der Waals surface area contributed by atoms with Crippen LogP contribution in [0, 0.1) is 0 Å². The summed E-state index contributed by atoms with van der Waals surface area (Å²) in [6.45, 7) is 1.39. The number of nitrogens with one attached hydrogen (secondary N) is 2. The minimum Gasteiger partial charge on any atom is -0.326 e. The largest absolute Gasteiger partial charge is 0.326 e. The molecule has 6 nitrogen and oxygen atoms in total. The Morgan fingerprint density at radius 3 is 2.15 bits per heavy atom. The molecule has 0 fully saturated rings. The third-order valence-electron chi connectivity index (χ3n) is 3.59. The van der Waals surface area contributed by atoms with Gasteiger partial charge in [0.2, 0.25) is 5.91 Å². The monoisotopic (exact) mass is 367 g/mol. The number of carbonyl (C=O) groups excluding carboxylic acids is 1. The van der Waals surface area contributed by atoms with E-state index in [4.69, 9.17) is 0 Å². The summed E-state index contributed by atoms with van der Waals surface area (Å²) in [4.78, 5) is 15.3. The normalized spacial score (nSPS) is 11.0. The molecule has 0 spiro atoms. The highest BCUT2D eigenvalue weighted by Gasteiger charge is 2.15. The smallest absolute Gasteiger partial charge is 0.263 e. The Balaban J connectivity index is 1.76. The molecule has 132 valence electrons. The van der Waals surface area contributed by atoms with Crippen molar-refractivity contribution in [1.29, 1.82) is 0 Å². The van der Waals surface area contributed by atoms with E-state index in [2.05, 4.69) is 15.0 Å². The van der Waals surface area contributed by atoms with Gasteiger partial charge >= 0.3 is 0 Å². The number of rotatable bonds is 5. The van der Waals surface area contributed by atoms with Gasteiger partial charge in [-0.2, -0.15) is 0 Å². The molecule has 26 heavy (non-hydrogen) atoms. The minimum atomic E-state index is -3.76. The number of hydrogen-bond acceptors (Lipinski definition) is 4. The summed E-state index contributed by atoms with van der Waals surface area (Å²) in [5.41, 5.74) is 2.43. The molecule has 0 saturated heterocycles. The number of hydrogen-bond donors (Lipinski definition) is 2. The van der Waals surface area contributed by atoms with Crippen molar-refractivity contribution in [3.63, 3.8) is 0 Å². The van der Waals surface area contributed by atoms with Crippen LogP contribution in [0.15, 0.2) is 77.8 Å². The van der Waals surface area contributed by atoms with Crippen molar-refractivity contribution in [2.75, 3.05) is 10.0 Å². The van der Waals surface area contributed by atoms with E-state index >= 15 is 0 Å². The summed E-state index contributed by atoms with van der Waals surface area (Å²) in [5, 5.41) is 2.59. The second-order valence-electron chi connectivity index (χ2n) is 5.61. The van der Waals surface area contributed by atoms with Crippen LogP contribution >= 0.6 is 0 Å². The minimum absolute atomic E-state index is 0.0838. The molecule has 0 unspecified atom stereocenters. The van der Waals surface area contributed by atoms with Crippen LogP contribution in [-0.2, 0) is 14.8 Å². The molecule has 0 bridgehead atoms. The lowest BCUT2D eigenvalue weighted by Crippen LogP contribution is -2.14. The summed E-state index contributed by atoms with van der Waals surface area (Å²) in [7, 11) is -3.76. The Kier molecular flexibility index (Phi) is 4.99. The van der Waals surface area contributed by atoms with Crippen molar-refractivity contribution in [2.24, 2.45) is 0 Å². The zero-order valence-corrected chi connectivity index (χ0v) is 14.8. The van der Waals surface area contributed by atoms with Gasteiger partial charge in [0.15, 0.2) is 0 Å². The highest BCUT2D eigenvalue weighted by molar-refractivity contribution is 7.92. The van der Waals surface area contributed by atoms with E-state index in [1.807, 2.05) is 30.3 Å². The first-order valence-corrected chi connectivity index (χ1v) is 9.34. The first kappa shape index (κ1) is 17.6. The van der Waals surface area contributed by atoms with Gasteiger partial charge in [-0.15, -0.1) is 0 Å². The molecule has 7 heteroatoms. The van der Waals surface area contributed by atoms with Crippen LogP contribution in [0.25, 0.3) is 11.1 Å². The molecule has 0 aliphatic carbocycles. The lowest BCUT2D eigenvalue weighted by Gasteiger charge is -2.09. The van der Waals surface area contributed by atoms with Crippen molar-refractivity contribution in [3.8, 4) is 11.1 Å². The number of aromatic nitrogens is 1. The van der Waals surface area contributed by atoms with E-state index in [9.17, 15) is 13.2 Å². The number of sulfonamides is 1. The van der Waals surface area contributed by atoms with E-state index < -0.39 is 10.0 Å². The third-order valence-corrected chi connectivity index (χ3v) is 4.97. The molecule has 0 saturated carbocycles. The lowest BCUT2D eigenvalue weighted by atomic mass is 10.1. The van der Waals surface area contributed by atoms with Gasteiger partial charge in [0.1, 0.15) is 5.82 Å². The number of anilines is 2. The molecule has 1 aromatic heterocycles. The van der Waals surface area contributed by atoms with Gasteiger partial charge in [-0.1, -0.05) is 30.3 Å². The summed E-state index contributed by atoms with van der Waals surface area (Å²) in [6, 6.07) is 19.0. The van der Waals surface area contributed by atoms with Crippen molar-refractivity contribution in [2.45, 2.75) is 11.8 Å². The lowest BCUT2D eigenvalue weighted by molar-refractivity contribution is -0.114. The molecule has 2 N–H and O–H groups in total. The number of amides is 1. The van der Waals surface area contributed by atoms with Crippen molar-refractivity contribution in [3.05, 3.63) is 72.9 Å². The van der Waals surface area contributed by atoms with Crippen LogP contribution in [0.2, 0.25) is 0 Å². The maximum atomic E-state index is 12.5. The highest BCUT2D eigenvalue weighted by atomic mass is 32.2. The second kappa shape index (κ2) is 7.37. The molecule has 1 amide bonds. The molecule has 1 heterocycles. The number of benzene rings is 2. The maximum absolute atomic E-state index is 12.5. The quantitative estimate of drug-likeness (QED) is 0.722. The molecule has 0 atom stereocenters. The summed E-state index contributed by atoms with van der Waals surface area (Å²) < 4.78 is 27.4. The average Bonchev–Trinajstić information content (AvgIpc) is 2.63. The average molecular weight is 367 g/mol. The standard InChI is InChI=1S/C19H17N3O3S/c1-14(23)21-17-8-10-18(11-9-17)26(24,25)22-19-12-7-16(13-20-19)15-5-3-2-4-6-15/h2-13H,1H3,(H,20,22)(H,21,23). The van der Waals surface area contributed by atoms with Crippen LogP contribution in [0.3, 0.4) is 0 Å². The fraction of sp³-hybridized carbons (Fsp3) is 0.0526. The second-order valence-corrected chi connectivity index (χ2v) is 7.29. The highest BCUT2D eigenvalue weighted by Crippen LogP contribution is 2.21. The van der Waals surface area contributed by atoms with Crippen LogP contribution in [0.5, 0.6) is 0 Å². The van der Waals surface area contributed by atoms with Gasteiger partial charge in [-0.25, -0.2) is 13.4 Å². The molecular formula is C19H17N3O3S. The first-order chi connectivity index (χ1) is 12.4. The van der Waals surface area contributed by atoms with Gasteiger partial charge in [-0.05, 0) is 42.0 Å². The van der Waals surface area contributed by atoms with Crippen LogP contribution in [-0.4, -0.2) is 19.3 Å². The van der Waals surface area contributed by atoms with Gasteiger partial charge in [-0.3, -0.25) is 9.52 Å². The number of carbonyl (C=O) groups is 1. The fourth-order valence-corrected chi connectivity index (χ4v) is 3.38. The van der Waals surface area contributed by atoms with Gasteiger partial charge < -0.3 is 5.32 Å². The Morgan fingerprint density at radius 2 is 1.58 bits per heavy atom. The topological polar surface area (TPSA) is 88.2 Å². The van der Waals surface area contributed by atoms with Gasteiger partial charge in [0, 0.05) is 24.4 Å². The fourth-order valence-electron chi connectivity index (χ4n) is 2.37. The van der Waals surface area contributed by atoms with Crippen LogP contribution < -0.4 is 10.0 Å². The zero-order valence-electron chi connectivity index (χ0n) is 14.0. The Labute approximate surface area is 152 Å². The van der Waals surface area contributed by atoms with Crippen LogP contribution in [0.4, 0.5) is 11.5 Å². The predicted octanol–water partition coefficient (Wildman–Crippen LogP) is 3.51. The van der Waals surface area contributed by atoms with Crippen molar-refractivity contribution < 1.29 is 13.2 Å². The van der Waals surface area contributed by atoms with E-state index in [0.29, 0.717) is 5.69 Å². The summed E-state index contributed by atoms with van der Waals surface area (Å²) in [5.74, 6) is 0.0112. The Bertz CT molecular complexity index is 1000. The van der Waals surface area contributed by atoms with Crippen molar-refractivity contribution in [1.82, 2.24) is 4.98 Å². The van der Waals surface area contributed by atoms with E-state index in [1.54, 1.807) is 18.3 Å². The van der Waals surface area contributed by atoms with Gasteiger partial charge in [0.25, 0.3) is 10.0 Å². The van der Waals surface area contributed by atoms with E-state index in [0.717, 1.165) is 11.1 Å². The molecule has 3 aromatic rings. The Hall–Kier alpha value is -3.19. The zero-order chi connectivity index (χ0) is 18.6.